The van der Waals surface area contributed by atoms with Crippen molar-refractivity contribution in [1.82, 2.24) is 5.32 Å². The third kappa shape index (κ3) is 1.91. The van der Waals surface area contributed by atoms with Crippen LogP contribution in [0.25, 0.3) is 0 Å². The van der Waals surface area contributed by atoms with Gasteiger partial charge in [0.15, 0.2) is 0 Å². The van der Waals surface area contributed by atoms with E-state index in [2.05, 4.69) is 25.2 Å². The first-order chi connectivity index (χ1) is 8.67. The van der Waals surface area contributed by atoms with E-state index in [1.54, 1.807) is 6.26 Å². The molecule has 0 saturated heterocycles. The molecule has 0 saturated carbocycles. The molecule has 1 aromatic carbocycles. The number of para-hydroxylation sites is 1. The molecule has 0 aliphatic carbocycles. The molecule has 0 amide bonds. The molecule has 2 aromatic rings. The van der Waals surface area contributed by atoms with Crippen molar-refractivity contribution in [2.45, 2.75) is 32.0 Å². The second-order valence-electron chi connectivity index (χ2n) is 5.14. The maximum absolute atomic E-state index is 5.98. The third-order valence-corrected chi connectivity index (χ3v) is 3.36. The Hall–Kier alpha value is -1.74. The highest BCUT2D eigenvalue weighted by Gasteiger charge is 2.40. The molecule has 0 fully saturated rings. The van der Waals surface area contributed by atoms with E-state index < -0.39 is 0 Å². The Balaban J connectivity index is 1.81. The van der Waals surface area contributed by atoms with Crippen LogP contribution in [0.3, 0.4) is 0 Å². The zero-order valence-corrected chi connectivity index (χ0v) is 10.6. The summed E-state index contributed by atoms with van der Waals surface area (Å²) in [5.74, 6) is 1.91. The number of hydrogen-bond donors (Lipinski definition) is 1. The van der Waals surface area contributed by atoms with Gasteiger partial charge in [-0.3, -0.25) is 5.32 Å². The number of nitrogens with one attached hydrogen (secondary N) is 1. The molecule has 1 unspecified atom stereocenters. The summed E-state index contributed by atoms with van der Waals surface area (Å²) in [4.78, 5) is 0. The van der Waals surface area contributed by atoms with E-state index in [-0.39, 0.29) is 11.6 Å². The Morgan fingerprint density at radius 3 is 2.78 bits per heavy atom. The van der Waals surface area contributed by atoms with Gasteiger partial charge in [0, 0.05) is 5.56 Å². The van der Waals surface area contributed by atoms with Gasteiger partial charge in [0.25, 0.3) is 0 Å². The zero-order valence-electron chi connectivity index (χ0n) is 10.6. The molecule has 0 bridgehead atoms. The maximum Gasteiger partial charge on any atom is 0.125 e. The van der Waals surface area contributed by atoms with Crippen molar-refractivity contribution in [3.63, 3.8) is 0 Å². The fourth-order valence-corrected chi connectivity index (χ4v) is 2.50. The van der Waals surface area contributed by atoms with Crippen LogP contribution in [0.5, 0.6) is 5.75 Å². The minimum atomic E-state index is -0.240. The van der Waals surface area contributed by atoms with Gasteiger partial charge in [-0.25, -0.2) is 0 Å². The van der Waals surface area contributed by atoms with Crippen molar-refractivity contribution >= 4 is 0 Å². The third-order valence-electron chi connectivity index (χ3n) is 3.36. The minimum absolute atomic E-state index is 0.179. The Morgan fingerprint density at radius 2 is 2.00 bits per heavy atom. The fraction of sp³-hybridized carbons (Fsp3) is 0.333. The zero-order chi connectivity index (χ0) is 12.6. The molecule has 3 nitrogen and oxygen atoms in total. The highest BCUT2D eigenvalue weighted by Crippen LogP contribution is 2.42. The van der Waals surface area contributed by atoms with E-state index in [4.69, 9.17) is 9.15 Å². The Bertz CT molecular complexity index is 531. The van der Waals surface area contributed by atoms with Crippen molar-refractivity contribution in [2.24, 2.45) is 0 Å². The highest BCUT2D eigenvalue weighted by atomic mass is 16.5. The molecule has 94 valence electrons. The number of benzene rings is 1. The predicted molar refractivity (Wildman–Crippen MR) is 69.4 cm³/mol. The van der Waals surface area contributed by atoms with E-state index in [1.807, 2.05) is 30.3 Å². The summed E-state index contributed by atoms with van der Waals surface area (Å²) < 4.78 is 11.3. The summed E-state index contributed by atoms with van der Waals surface area (Å²) in [6.45, 7) is 4.92. The second-order valence-corrected chi connectivity index (χ2v) is 5.14. The molecule has 1 aliphatic heterocycles. The summed E-state index contributed by atoms with van der Waals surface area (Å²) in [6.07, 6.45) is 1.70. The lowest BCUT2D eigenvalue weighted by molar-refractivity contribution is 0.0949. The van der Waals surface area contributed by atoms with E-state index in [0.29, 0.717) is 6.54 Å². The first kappa shape index (κ1) is 11.4. The summed E-state index contributed by atoms with van der Waals surface area (Å²) >= 11 is 0. The van der Waals surface area contributed by atoms with Crippen LogP contribution < -0.4 is 10.1 Å². The minimum Gasteiger partial charge on any atom is -0.486 e. The van der Waals surface area contributed by atoms with Crippen LogP contribution in [0.2, 0.25) is 0 Å². The monoisotopic (exact) mass is 243 g/mol. The van der Waals surface area contributed by atoms with Crippen LogP contribution in [-0.4, -0.2) is 5.60 Å². The second kappa shape index (κ2) is 4.18. The lowest BCUT2D eigenvalue weighted by Gasteiger charge is -2.27. The van der Waals surface area contributed by atoms with Gasteiger partial charge in [0.05, 0.1) is 18.8 Å². The lowest BCUT2D eigenvalue weighted by atomic mass is 9.94. The van der Waals surface area contributed by atoms with Gasteiger partial charge in [-0.1, -0.05) is 18.2 Å². The van der Waals surface area contributed by atoms with Crippen LogP contribution in [-0.2, 0) is 6.54 Å². The quantitative estimate of drug-likeness (QED) is 0.898. The molecule has 1 aliphatic rings. The number of fused-ring (bicyclic) bond motifs is 1. The molecular weight excluding hydrogens is 226 g/mol. The maximum atomic E-state index is 5.98. The van der Waals surface area contributed by atoms with Gasteiger partial charge >= 0.3 is 0 Å². The first-order valence-corrected chi connectivity index (χ1v) is 6.20. The van der Waals surface area contributed by atoms with Gasteiger partial charge < -0.3 is 9.15 Å². The summed E-state index contributed by atoms with van der Waals surface area (Å²) in [7, 11) is 0. The topological polar surface area (TPSA) is 34.4 Å². The lowest BCUT2D eigenvalue weighted by Crippen LogP contribution is -2.38. The average Bonchev–Trinajstić information content (AvgIpc) is 2.91. The summed E-state index contributed by atoms with van der Waals surface area (Å²) in [5.41, 5.74) is 0.977. The molecule has 0 spiro atoms. The SMILES string of the molecule is CC1(C)Oc2ccccc2C1NCc1ccco1. The van der Waals surface area contributed by atoms with Crippen molar-refractivity contribution < 1.29 is 9.15 Å². The normalized spacial score (nSPS) is 20.4. The molecule has 1 N–H and O–H groups in total. The van der Waals surface area contributed by atoms with Crippen LogP contribution in [0, 0.1) is 0 Å². The van der Waals surface area contributed by atoms with E-state index in [0.717, 1.165) is 11.5 Å². The predicted octanol–water partition coefficient (Wildman–Crippen LogP) is 3.28. The molecule has 18 heavy (non-hydrogen) atoms. The smallest absolute Gasteiger partial charge is 0.125 e. The summed E-state index contributed by atoms with van der Waals surface area (Å²) in [6, 6.07) is 12.2. The number of ether oxygens (including phenoxy) is 1. The van der Waals surface area contributed by atoms with Crippen molar-refractivity contribution in [2.75, 3.05) is 0 Å². The van der Waals surface area contributed by atoms with E-state index >= 15 is 0 Å². The first-order valence-electron chi connectivity index (χ1n) is 6.20. The highest BCUT2D eigenvalue weighted by molar-refractivity contribution is 5.42. The molecule has 1 aromatic heterocycles. The van der Waals surface area contributed by atoms with Gasteiger partial charge in [-0.2, -0.15) is 0 Å². The van der Waals surface area contributed by atoms with E-state index in [9.17, 15) is 0 Å². The number of rotatable bonds is 3. The molecule has 2 heterocycles. The van der Waals surface area contributed by atoms with Crippen LogP contribution in [0.4, 0.5) is 0 Å². The standard InChI is InChI=1S/C15H17NO2/c1-15(2)14(16-10-11-6-5-9-17-11)12-7-3-4-8-13(12)18-15/h3-9,14,16H,10H2,1-2H3. The van der Waals surface area contributed by atoms with Crippen LogP contribution in [0.1, 0.15) is 31.2 Å². The number of furan rings is 1. The molecule has 3 heteroatoms. The van der Waals surface area contributed by atoms with Crippen molar-refractivity contribution in [3.8, 4) is 5.75 Å². The Kier molecular flexibility index (Phi) is 2.63. The van der Waals surface area contributed by atoms with Crippen LogP contribution in [0.15, 0.2) is 47.1 Å². The van der Waals surface area contributed by atoms with Crippen molar-refractivity contribution in [1.29, 1.82) is 0 Å². The Labute approximate surface area is 107 Å². The molecular formula is C15H17NO2. The molecule has 1 atom stereocenters. The van der Waals surface area contributed by atoms with Gasteiger partial charge in [-0.05, 0) is 32.0 Å². The molecule has 0 radical (unpaired) electrons. The van der Waals surface area contributed by atoms with Gasteiger partial charge in [-0.15, -0.1) is 0 Å². The van der Waals surface area contributed by atoms with E-state index in [1.165, 1.54) is 5.56 Å². The summed E-state index contributed by atoms with van der Waals surface area (Å²) in [5, 5.41) is 3.51. The van der Waals surface area contributed by atoms with Gasteiger partial charge in [0.1, 0.15) is 17.1 Å². The molecule has 3 rings (SSSR count). The number of hydrogen-bond acceptors (Lipinski definition) is 3. The Morgan fingerprint density at radius 1 is 1.17 bits per heavy atom. The fourth-order valence-electron chi connectivity index (χ4n) is 2.50. The average molecular weight is 243 g/mol. The van der Waals surface area contributed by atoms with Gasteiger partial charge in [0.2, 0.25) is 0 Å². The largest absolute Gasteiger partial charge is 0.486 e. The van der Waals surface area contributed by atoms with Crippen molar-refractivity contribution in [3.05, 3.63) is 54.0 Å². The van der Waals surface area contributed by atoms with Crippen LogP contribution >= 0.6 is 0 Å².